The molecule has 0 aromatic heterocycles. The van der Waals surface area contributed by atoms with Gasteiger partial charge in [0.1, 0.15) is 6.04 Å². The molecule has 0 bridgehead atoms. The molecule has 0 saturated heterocycles. The molecule has 0 fully saturated rings. The second kappa shape index (κ2) is 7.49. The summed E-state index contributed by atoms with van der Waals surface area (Å²) in [4.78, 5) is 23.8. The third kappa shape index (κ3) is 6.40. The van der Waals surface area contributed by atoms with E-state index in [2.05, 4.69) is 5.32 Å². The molecule has 0 heterocycles. The highest BCUT2D eigenvalue weighted by Gasteiger charge is 2.19. The minimum Gasteiger partial charge on any atom is -0.480 e. The fourth-order valence-corrected chi connectivity index (χ4v) is 1.24. The second-order valence-electron chi connectivity index (χ2n) is 4.26. The number of rotatable bonds is 6. The Morgan fingerprint density at radius 3 is 2.41 bits per heavy atom. The van der Waals surface area contributed by atoms with Crippen LogP contribution in [-0.2, 0) is 4.79 Å². The minimum absolute atomic E-state index is 0.238. The van der Waals surface area contributed by atoms with E-state index in [-0.39, 0.29) is 12.3 Å². The summed E-state index contributed by atoms with van der Waals surface area (Å²) in [6.07, 6.45) is 0.238. The molecule has 0 rings (SSSR count). The molecule has 0 spiro atoms. The van der Waals surface area contributed by atoms with Crippen LogP contribution in [0.1, 0.15) is 27.2 Å². The number of carbonyl (C=O) groups is 2. The van der Waals surface area contributed by atoms with Crippen LogP contribution in [0.15, 0.2) is 0 Å². The van der Waals surface area contributed by atoms with Gasteiger partial charge in [0.25, 0.3) is 0 Å². The minimum atomic E-state index is -1.08. The van der Waals surface area contributed by atoms with Gasteiger partial charge in [-0.2, -0.15) is 5.26 Å². The summed E-state index contributed by atoms with van der Waals surface area (Å²) < 4.78 is 0. The summed E-state index contributed by atoms with van der Waals surface area (Å²) in [5, 5.41) is 19.6. The van der Waals surface area contributed by atoms with Gasteiger partial charge in [-0.15, -0.1) is 0 Å². The van der Waals surface area contributed by atoms with E-state index in [0.717, 1.165) is 0 Å². The Morgan fingerprint density at radius 2 is 2.00 bits per heavy atom. The molecular formula is C11H19N3O3. The first-order valence-electron chi connectivity index (χ1n) is 5.53. The third-order valence-electron chi connectivity index (χ3n) is 2.08. The van der Waals surface area contributed by atoms with Gasteiger partial charge in [-0.1, -0.05) is 13.8 Å². The van der Waals surface area contributed by atoms with Gasteiger partial charge in [-0.3, -0.25) is 4.79 Å². The zero-order valence-electron chi connectivity index (χ0n) is 10.4. The first kappa shape index (κ1) is 15.2. The number of aliphatic carboxylic acids is 1. The second-order valence-corrected chi connectivity index (χ2v) is 4.26. The molecule has 0 unspecified atom stereocenters. The number of nitriles is 1. The number of hydrogen-bond donors (Lipinski definition) is 2. The predicted molar refractivity (Wildman–Crippen MR) is 62.3 cm³/mol. The Labute approximate surface area is 101 Å². The maximum Gasteiger partial charge on any atom is 0.325 e. The lowest BCUT2D eigenvalue weighted by atomic mass is 10.2. The molecule has 0 aliphatic heterocycles. The van der Waals surface area contributed by atoms with Gasteiger partial charge >= 0.3 is 12.0 Å². The smallest absolute Gasteiger partial charge is 0.325 e. The van der Waals surface area contributed by atoms with Crippen molar-refractivity contribution in [3.8, 4) is 6.07 Å². The average molecular weight is 241 g/mol. The van der Waals surface area contributed by atoms with E-state index in [1.807, 2.05) is 19.9 Å². The molecule has 17 heavy (non-hydrogen) atoms. The number of carbonyl (C=O) groups excluding carboxylic acids is 1. The van der Waals surface area contributed by atoms with Crippen molar-refractivity contribution in [3.63, 3.8) is 0 Å². The van der Waals surface area contributed by atoms with Crippen molar-refractivity contribution < 1.29 is 14.7 Å². The first-order valence-corrected chi connectivity index (χ1v) is 5.53. The Bertz CT molecular complexity index is 310. The predicted octanol–water partition coefficient (Wildman–Crippen LogP) is 1.04. The molecule has 2 amide bonds. The fourth-order valence-electron chi connectivity index (χ4n) is 1.24. The molecular weight excluding hydrogens is 222 g/mol. The number of urea groups is 1. The van der Waals surface area contributed by atoms with Crippen LogP contribution in [0, 0.1) is 17.2 Å². The number of nitrogens with zero attached hydrogens (tertiary/aromatic N) is 2. The number of carboxylic acid groups (broad SMARTS) is 1. The van der Waals surface area contributed by atoms with Crippen molar-refractivity contribution in [1.82, 2.24) is 10.2 Å². The monoisotopic (exact) mass is 241 g/mol. The van der Waals surface area contributed by atoms with Crippen LogP contribution < -0.4 is 5.32 Å². The van der Waals surface area contributed by atoms with Gasteiger partial charge in [-0.05, 0) is 12.8 Å². The lowest BCUT2D eigenvalue weighted by Gasteiger charge is -2.25. The Balaban J connectivity index is 4.41. The van der Waals surface area contributed by atoms with Crippen molar-refractivity contribution in [1.29, 1.82) is 5.26 Å². The molecule has 0 aliphatic carbocycles. The molecule has 0 aliphatic rings. The Hall–Kier alpha value is -1.77. The van der Waals surface area contributed by atoms with Crippen LogP contribution in [0.25, 0.3) is 0 Å². The van der Waals surface area contributed by atoms with Gasteiger partial charge in [0.2, 0.25) is 0 Å². The quantitative estimate of drug-likeness (QED) is 0.726. The van der Waals surface area contributed by atoms with Crippen molar-refractivity contribution >= 4 is 12.0 Å². The van der Waals surface area contributed by atoms with Crippen LogP contribution in [0.4, 0.5) is 4.79 Å². The number of carboxylic acids is 1. The number of amides is 2. The average Bonchev–Trinajstić information content (AvgIpc) is 2.23. The third-order valence-corrected chi connectivity index (χ3v) is 2.08. The van der Waals surface area contributed by atoms with Gasteiger partial charge in [-0.25, -0.2) is 4.79 Å². The molecule has 96 valence electrons. The van der Waals surface area contributed by atoms with Crippen LogP contribution in [0.5, 0.6) is 0 Å². The van der Waals surface area contributed by atoms with Crippen LogP contribution >= 0.6 is 0 Å². The largest absolute Gasteiger partial charge is 0.480 e. The molecule has 1 atom stereocenters. The normalized spacial score (nSPS) is 11.7. The molecule has 0 radical (unpaired) electrons. The number of hydrogen-bond acceptors (Lipinski definition) is 3. The van der Waals surface area contributed by atoms with Crippen LogP contribution in [0.3, 0.4) is 0 Å². The van der Waals surface area contributed by atoms with E-state index in [0.29, 0.717) is 13.1 Å². The van der Waals surface area contributed by atoms with Gasteiger partial charge in [0, 0.05) is 13.1 Å². The van der Waals surface area contributed by atoms with Crippen molar-refractivity contribution in [2.45, 2.75) is 33.2 Å². The van der Waals surface area contributed by atoms with Gasteiger partial charge < -0.3 is 15.3 Å². The van der Waals surface area contributed by atoms with E-state index >= 15 is 0 Å². The Morgan fingerprint density at radius 1 is 1.41 bits per heavy atom. The maximum absolute atomic E-state index is 11.7. The molecule has 0 aromatic carbocycles. The van der Waals surface area contributed by atoms with E-state index in [1.165, 1.54) is 11.8 Å². The van der Waals surface area contributed by atoms with Crippen molar-refractivity contribution in [3.05, 3.63) is 0 Å². The summed E-state index contributed by atoms with van der Waals surface area (Å²) in [5.74, 6) is -0.817. The molecule has 6 heteroatoms. The van der Waals surface area contributed by atoms with Gasteiger partial charge in [0.05, 0.1) is 12.5 Å². The summed E-state index contributed by atoms with van der Waals surface area (Å²) in [5.41, 5.74) is 0. The molecule has 0 saturated carbocycles. The standard InChI is InChI=1S/C11H19N3O3/c1-8(2)7-14(6-4-5-12)11(17)13-9(3)10(15)16/h8-9H,4,6-7H2,1-3H3,(H,13,17)(H,15,16)/t9-/m1/s1. The van der Waals surface area contributed by atoms with E-state index in [4.69, 9.17) is 10.4 Å². The SMILES string of the molecule is CC(C)CN(CCC#N)C(=O)N[C@H](C)C(=O)O. The Kier molecular flexibility index (Phi) is 6.71. The molecule has 0 aromatic rings. The first-order chi connectivity index (χ1) is 7.88. The summed E-state index contributed by atoms with van der Waals surface area (Å²) in [6, 6.07) is 0.592. The zero-order valence-corrected chi connectivity index (χ0v) is 10.4. The summed E-state index contributed by atoms with van der Waals surface area (Å²) in [7, 11) is 0. The van der Waals surface area contributed by atoms with E-state index < -0.39 is 18.0 Å². The highest BCUT2D eigenvalue weighted by molar-refractivity contribution is 5.82. The zero-order chi connectivity index (χ0) is 13.4. The highest BCUT2D eigenvalue weighted by Crippen LogP contribution is 2.01. The molecule has 6 nitrogen and oxygen atoms in total. The molecule has 2 N–H and O–H groups in total. The lowest BCUT2D eigenvalue weighted by molar-refractivity contribution is -0.138. The fraction of sp³-hybridized carbons (Fsp3) is 0.727. The van der Waals surface area contributed by atoms with Gasteiger partial charge in [0.15, 0.2) is 0 Å². The highest BCUT2D eigenvalue weighted by atomic mass is 16.4. The van der Waals surface area contributed by atoms with E-state index in [1.54, 1.807) is 0 Å². The van der Waals surface area contributed by atoms with E-state index in [9.17, 15) is 9.59 Å². The topological polar surface area (TPSA) is 93.4 Å². The maximum atomic E-state index is 11.7. The van der Waals surface area contributed by atoms with Crippen molar-refractivity contribution in [2.75, 3.05) is 13.1 Å². The van der Waals surface area contributed by atoms with Crippen molar-refractivity contribution in [2.24, 2.45) is 5.92 Å². The summed E-state index contributed by atoms with van der Waals surface area (Å²) in [6.45, 7) is 6.12. The lowest BCUT2D eigenvalue weighted by Crippen LogP contribution is -2.48. The van der Waals surface area contributed by atoms with Crippen LogP contribution in [-0.4, -0.2) is 41.1 Å². The number of nitrogens with one attached hydrogen (secondary N) is 1. The summed E-state index contributed by atoms with van der Waals surface area (Å²) >= 11 is 0. The van der Waals surface area contributed by atoms with Crippen LogP contribution in [0.2, 0.25) is 0 Å².